The molecule has 2 nitrogen and oxygen atoms in total. The smallest absolute Gasteiger partial charge is 0.143 e. The van der Waals surface area contributed by atoms with Crippen molar-refractivity contribution in [3.8, 4) is 55.6 Å². The number of para-hydroxylation sites is 1. The minimum absolute atomic E-state index is 0.859. The van der Waals surface area contributed by atoms with Crippen molar-refractivity contribution in [1.29, 1.82) is 0 Å². The van der Waals surface area contributed by atoms with E-state index in [4.69, 9.17) is 8.83 Å². The molecule has 378 valence electrons. The Morgan fingerprint density at radius 2 is 0.573 bits per heavy atom. The van der Waals surface area contributed by atoms with E-state index in [2.05, 4.69) is 279 Å². The fraction of sp³-hybridized carbons (Fsp3) is 0. The van der Waals surface area contributed by atoms with E-state index < -0.39 is 0 Å². The van der Waals surface area contributed by atoms with Crippen LogP contribution in [0.5, 0.6) is 0 Å². The van der Waals surface area contributed by atoms with Gasteiger partial charge in [0.1, 0.15) is 22.3 Å². The third kappa shape index (κ3) is 6.40. The van der Waals surface area contributed by atoms with Crippen molar-refractivity contribution < 1.29 is 8.83 Å². The van der Waals surface area contributed by atoms with E-state index in [1.807, 2.05) is 0 Å². The first-order chi connectivity index (χ1) is 40.7. The zero-order valence-corrected chi connectivity index (χ0v) is 44.4. The molecule has 0 radical (unpaired) electrons. The number of rotatable bonds is 5. The number of hydrogen-bond acceptors (Lipinski definition) is 2. The van der Waals surface area contributed by atoms with Crippen LogP contribution >= 0.6 is 0 Å². The molecule has 0 N–H and O–H groups in total. The second kappa shape index (κ2) is 17.3. The second-order valence-electron chi connectivity index (χ2n) is 22.0. The molecule has 2 heterocycles. The molecule has 2 aromatic heterocycles. The van der Waals surface area contributed by atoms with Gasteiger partial charge in [-0.3, -0.25) is 0 Å². The van der Waals surface area contributed by atoms with Crippen LogP contribution in [-0.4, -0.2) is 0 Å². The molecular weight excluding hydrogens is 993 g/mol. The van der Waals surface area contributed by atoms with E-state index in [9.17, 15) is 0 Å². The van der Waals surface area contributed by atoms with Gasteiger partial charge in [0.05, 0.1) is 0 Å². The molecule has 0 spiro atoms. The predicted octanol–water partition coefficient (Wildman–Crippen LogP) is 23.0. The van der Waals surface area contributed by atoms with Gasteiger partial charge in [0.15, 0.2) is 0 Å². The van der Waals surface area contributed by atoms with Crippen LogP contribution in [0.2, 0.25) is 0 Å². The molecule has 0 saturated heterocycles. The summed E-state index contributed by atoms with van der Waals surface area (Å²) in [5.74, 6) is 0. The van der Waals surface area contributed by atoms with Gasteiger partial charge in [-0.05, 0) is 150 Å². The monoisotopic (exact) mass is 1040 g/mol. The Kier molecular flexibility index (Phi) is 9.54. The Bertz CT molecular complexity index is 5660. The van der Waals surface area contributed by atoms with E-state index in [1.165, 1.54) is 114 Å². The zero-order valence-electron chi connectivity index (χ0n) is 44.4. The van der Waals surface area contributed by atoms with Crippen molar-refractivity contribution in [3.63, 3.8) is 0 Å². The van der Waals surface area contributed by atoms with Crippen LogP contribution < -0.4 is 0 Å². The highest BCUT2D eigenvalue weighted by atomic mass is 16.3. The van der Waals surface area contributed by atoms with Crippen LogP contribution in [-0.2, 0) is 0 Å². The van der Waals surface area contributed by atoms with Crippen LogP contribution in [0.15, 0.2) is 288 Å². The van der Waals surface area contributed by atoms with Crippen molar-refractivity contribution in [3.05, 3.63) is 279 Å². The van der Waals surface area contributed by atoms with Gasteiger partial charge in [0.2, 0.25) is 0 Å². The van der Waals surface area contributed by atoms with Crippen LogP contribution in [0.25, 0.3) is 186 Å². The number of benzene rings is 16. The maximum absolute atomic E-state index is 7.38. The summed E-state index contributed by atoms with van der Waals surface area (Å²) in [5.41, 5.74) is 15.3. The largest absolute Gasteiger partial charge is 0.455 e. The third-order valence-electron chi connectivity index (χ3n) is 17.8. The topological polar surface area (TPSA) is 26.3 Å². The van der Waals surface area contributed by atoms with Crippen LogP contribution in [0, 0.1) is 0 Å². The van der Waals surface area contributed by atoms with Crippen molar-refractivity contribution in [2.75, 3.05) is 0 Å². The van der Waals surface area contributed by atoms with Gasteiger partial charge < -0.3 is 8.83 Å². The lowest BCUT2D eigenvalue weighted by Gasteiger charge is -2.20. The number of hydrogen-bond donors (Lipinski definition) is 0. The SMILES string of the molecule is c1ccc2cc(-c3c4ccccc4c(-c4c5ccccc5cc5c4oc4cccc(-c6cccc7c(-c8c9ccccc9c(-c9c%10ccccc%10cc%10c9oc9ccccc9%10)c9ccccc89)cccc67)c45)c4ccccc34)ccc2c1. The summed E-state index contributed by atoms with van der Waals surface area (Å²) < 4.78 is 14.3. The molecule has 0 bridgehead atoms. The van der Waals surface area contributed by atoms with Crippen LogP contribution in [0.1, 0.15) is 0 Å². The zero-order chi connectivity index (χ0) is 53.6. The van der Waals surface area contributed by atoms with Crippen LogP contribution in [0.4, 0.5) is 0 Å². The van der Waals surface area contributed by atoms with Crippen molar-refractivity contribution in [2.45, 2.75) is 0 Å². The highest BCUT2D eigenvalue weighted by Crippen LogP contribution is 2.53. The van der Waals surface area contributed by atoms with Gasteiger partial charge in [-0.25, -0.2) is 0 Å². The summed E-state index contributed by atoms with van der Waals surface area (Å²) in [6, 6.07) is 103. The number of furan rings is 2. The van der Waals surface area contributed by atoms with Gasteiger partial charge in [-0.2, -0.15) is 0 Å². The summed E-state index contributed by atoms with van der Waals surface area (Å²) in [5, 5.41) is 23.5. The quantitative estimate of drug-likeness (QED) is 0.161. The molecule has 0 saturated carbocycles. The number of fused-ring (bicyclic) bond motifs is 14. The van der Waals surface area contributed by atoms with E-state index in [1.54, 1.807) is 0 Å². The predicted molar refractivity (Wildman–Crippen MR) is 348 cm³/mol. The van der Waals surface area contributed by atoms with Crippen molar-refractivity contribution in [1.82, 2.24) is 0 Å². The Balaban J connectivity index is 0.880. The average molecular weight is 1040 g/mol. The molecule has 16 aromatic carbocycles. The normalized spacial score (nSPS) is 12.1. The summed E-state index contributed by atoms with van der Waals surface area (Å²) in [7, 11) is 0. The Morgan fingerprint density at radius 3 is 1.17 bits per heavy atom. The lowest BCUT2D eigenvalue weighted by atomic mass is 9.82. The van der Waals surface area contributed by atoms with E-state index >= 15 is 0 Å². The molecule has 0 atom stereocenters. The minimum Gasteiger partial charge on any atom is -0.455 e. The Labute approximate surface area is 470 Å². The Hall–Kier alpha value is -10.8. The van der Waals surface area contributed by atoms with Gasteiger partial charge in [-0.1, -0.05) is 249 Å². The van der Waals surface area contributed by atoms with Gasteiger partial charge in [-0.15, -0.1) is 0 Å². The molecule has 2 heteroatoms. The first kappa shape index (κ1) is 45.1. The minimum atomic E-state index is 0.859. The van der Waals surface area contributed by atoms with Gasteiger partial charge in [0, 0.05) is 43.8 Å². The summed E-state index contributed by atoms with van der Waals surface area (Å²) >= 11 is 0. The fourth-order valence-corrected chi connectivity index (χ4v) is 14.4. The maximum Gasteiger partial charge on any atom is 0.143 e. The first-order valence-corrected chi connectivity index (χ1v) is 28.3. The molecule has 0 amide bonds. The van der Waals surface area contributed by atoms with E-state index in [-0.39, 0.29) is 0 Å². The summed E-state index contributed by atoms with van der Waals surface area (Å²) in [4.78, 5) is 0. The standard InChI is InChI=1S/C80H46O2/c1-2-21-48-44-51(43-42-47(48)20-1)72-60-27-7-11-31-64(60)75(65-32-12-8-28-61(65)72)78-53-25-6-4-23-50(53)46-69-74-59(39-19-41-71(74)82-80(69)78)56-37-17-36-55-54(56)35-18-38-58(55)73-62-29-9-13-33-66(62)76(67-34-14-10-30-63(67)73)77-52-24-5-3-22-49(52)45-68-57-26-15-16-40-70(57)81-79(68)77/h1-46H. The van der Waals surface area contributed by atoms with E-state index in [0.717, 1.165) is 71.5 Å². The van der Waals surface area contributed by atoms with Gasteiger partial charge >= 0.3 is 0 Å². The van der Waals surface area contributed by atoms with Crippen LogP contribution in [0.3, 0.4) is 0 Å². The summed E-state index contributed by atoms with van der Waals surface area (Å²) in [6.07, 6.45) is 0. The molecule has 18 rings (SSSR count). The Morgan fingerprint density at radius 1 is 0.183 bits per heavy atom. The summed E-state index contributed by atoms with van der Waals surface area (Å²) in [6.45, 7) is 0. The molecular formula is C80H46O2. The van der Waals surface area contributed by atoms with Crippen molar-refractivity contribution in [2.24, 2.45) is 0 Å². The van der Waals surface area contributed by atoms with Crippen molar-refractivity contribution >= 4 is 130 Å². The molecule has 0 aliphatic rings. The van der Waals surface area contributed by atoms with Gasteiger partial charge in [0.25, 0.3) is 0 Å². The fourth-order valence-electron chi connectivity index (χ4n) is 14.4. The lowest BCUT2D eigenvalue weighted by molar-refractivity contribution is 0.670. The highest BCUT2D eigenvalue weighted by Gasteiger charge is 2.27. The second-order valence-corrected chi connectivity index (χ2v) is 22.0. The molecule has 18 aromatic rings. The highest BCUT2D eigenvalue weighted by molar-refractivity contribution is 6.32. The van der Waals surface area contributed by atoms with E-state index in [0.29, 0.717) is 0 Å². The third-order valence-corrected chi connectivity index (χ3v) is 17.8. The molecule has 0 aliphatic heterocycles. The molecule has 0 fully saturated rings. The molecule has 0 unspecified atom stereocenters. The lowest BCUT2D eigenvalue weighted by Crippen LogP contribution is -1.93. The molecule has 82 heavy (non-hydrogen) atoms. The average Bonchev–Trinajstić information content (AvgIpc) is 3.14. The molecule has 0 aliphatic carbocycles. The maximum atomic E-state index is 7.38. The first-order valence-electron chi connectivity index (χ1n) is 28.3.